The van der Waals surface area contributed by atoms with E-state index in [1.165, 1.54) is 23.5 Å². The van der Waals surface area contributed by atoms with E-state index in [1.54, 1.807) is 20.8 Å². The van der Waals surface area contributed by atoms with Crippen LogP contribution in [-0.4, -0.2) is 80.0 Å². The molecule has 216 valence electrons. The molecule has 2 fully saturated rings. The van der Waals surface area contributed by atoms with E-state index in [0.717, 1.165) is 32.1 Å². The zero-order chi connectivity index (χ0) is 29.0. The maximum atomic E-state index is 13.9. The lowest BCUT2D eigenvalue weighted by molar-refractivity contribution is -0.164. The molecule has 2 aliphatic rings. The van der Waals surface area contributed by atoms with Crippen LogP contribution in [0.4, 0.5) is 0 Å². The molecule has 39 heavy (non-hydrogen) atoms. The molecular weight excluding hydrogens is 502 g/mol. The molecule has 3 amide bonds. The van der Waals surface area contributed by atoms with Crippen molar-refractivity contribution >= 4 is 23.7 Å². The molecule has 0 radical (unpaired) electrons. The van der Waals surface area contributed by atoms with Crippen molar-refractivity contribution in [1.82, 2.24) is 25.5 Å². The van der Waals surface area contributed by atoms with Gasteiger partial charge < -0.3 is 25.4 Å². The van der Waals surface area contributed by atoms with E-state index < -0.39 is 58.9 Å². The number of β-amino-alcohol motifs (C(OH)–C–C–N with tert-alkyl or cyclic N) is 1. The van der Waals surface area contributed by atoms with E-state index in [2.05, 4.69) is 20.6 Å². The summed E-state index contributed by atoms with van der Waals surface area (Å²) in [5.41, 5.74) is -1.39. The first kappa shape index (κ1) is 30.5. The van der Waals surface area contributed by atoms with E-state index in [9.17, 15) is 24.3 Å². The highest BCUT2D eigenvalue weighted by molar-refractivity contribution is 5.97. The Bertz CT molecular complexity index is 1030. The van der Waals surface area contributed by atoms with Crippen LogP contribution in [0.15, 0.2) is 18.6 Å². The topological polar surface area (TPSA) is 151 Å². The van der Waals surface area contributed by atoms with E-state index in [4.69, 9.17) is 4.74 Å². The molecule has 11 heteroatoms. The van der Waals surface area contributed by atoms with Gasteiger partial charge in [0.15, 0.2) is 0 Å². The molecule has 4 unspecified atom stereocenters. The Kier molecular flexibility index (Phi) is 9.69. The normalized spacial score (nSPS) is 22.1. The number of nitrogens with one attached hydrogen (secondary N) is 2. The molecule has 1 aromatic rings. The standard InChI is InChI=1S/C28H43N5O6/c1-27(2,3)22(25(37)33-16-18(34)14-20(33)26(38)39-28(4,5)6)32-24(36)21(17-10-8-7-9-11-17)31-23(35)19-15-29-12-13-30-19/h12-13,15,17-18,20-22,34H,7-11,14,16H2,1-6H3,(H,31,35)(H,32,36). The minimum Gasteiger partial charge on any atom is -0.458 e. The smallest absolute Gasteiger partial charge is 0.329 e. The Morgan fingerprint density at radius 3 is 2.26 bits per heavy atom. The highest BCUT2D eigenvalue weighted by Crippen LogP contribution is 2.30. The van der Waals surface area contributed by atoms with E-state index in [-0.39, 0.29) is 24.6 Å². The highest BCUT2D eigenvalue weighted by atomic mass is 16.6. The maximum Gasteiger partial charge on any atom is 0.329 e. The molecular formula is C28H43N5O6. The first-order valence-electron chi connectivity index (χ1n) is 13.8. The quantitative estimate of drug-likeness (QED) is 0.440. The Hall–Kier alpha value is -3.08. The van der Waals surface area contributed by atoms with Crippen LogP contribution in [0.3, 0.4) is 0 Å². The van der Waals surface area contributed by atoms with E-state index in [1.807, 2.05) is 20.8 Å². The summed E-state index contributed by atoms with van der Waals surface area (Å²) in [5, 5.41) is 16.1. The minimum atomic E-state index is -1.01. The predicted molar refractivity (Wildman–Crippen MR) is 143 cm³/mol. The van der Waals surface area contributed by atoms with Crippen LogP contribution in [0, 0.1) is 11.3 Å². The second-order valence-corrected chi connectivity index (χ2v) is 12.7. The average molecular weight is 546 g/mol. The summed E-state index contributed by atoms with van der Waals surface area (Å²) in [7, 11) is 0. The summed E-state index contributed by atoms with van der Waals surface area (Å²) in [6, 6.07) is -2.85. The fraction of sp³-hybridized carbons (Fsp3) is 0.714. The number of rotatable bonds is 7. The number of hydrogen-bond acceptors (Lipinski definition) is 8. The summed E-state index contributed by atoms with van der Waals surface area (Å²) in [5.74, 6) is -2.16. The minimum absolute atomic E-state index is 0.0410. The third-order valence-corrected chi connectivity index (χ3v) is 7.13. The Labute approximate surface area is 230 Å². The van der Waals surface area contributed by atoms with Gasteiger partial charge in [0.05, 0.1) is 12.3 Å². The number of likely N-dealkylation sites (tertiary alicyclic amines) is 1. The first-order valence-corrected chi connectivity index (χ1v) is 13.8. The molecule has 4 atom stereocenters. The number of aliphatic hydroxyl groups is 1. The van der Waals surface area contributed by atoms with Gasteiger partial charge in [-0.05, 0) is 44.9 Å². The third kappa shape index (κ3) is 8.20. The van der Waals surface area contributed by atoms with Crippen molar-refractivity contribution in [3.63, 3.8) is 0 Å². The van der Waals surface area contributed by atoms with Gasteiger partial charge in [0.25, 0.3) is 5.91 Å². The van der Waals surface area contributed by atoms with Crippen LogP contribution in [0.5, 0.6) is 0 Å². The van der Waals surface area contributed by atoms with Crippen LogP contribution < -0.4 is 10.6 Å². The Morgan fingerprint density at radius 2 is 1.69 bits per heavy atom. The zero-order valence-electron chi connectivity index (χ0n) is 23.9. The van der Waals surface area contributed by atoms with Gasteiger partial charge in [-0.15, -0.1) is 0 Å². The molecule has 1 saturated heterocycles. The number of aromatic nitrogens is 2. The molecule has 0 bridgehead atoms. The van der Waals surface area contributed by atoms with Crippen LogP contribution in [0.2, 0.25) is 0 Å². The van der Waals surface area contributed by atoms with E-state index in [0.29, 0.717) is 0 Å². The molecule has 1 aromatic heterocycles. The Morgan fingerprint density at radius 1 is 1.03 bits per heavy atom. The molecule has 0 spiro atoms. The van der Waals surface area contributed by atoms with Gasteiger partial charge in [-0.25, -0.2) is 9.78 Å². The Balaban J connectivity index is 1.84. The number of carbonyl (C=O) groups is 4. The van der Waals surface area contributed by atoms with Crippen LogP contribution in [-0.2, 0) is 19.1 Å². The molecule has 1 saturated carbocycles. The number of aliphatic hydroxyl groups excluding tert-OH is 1. The zero-order valence-corrected chi connectivity index (χ0v) is 23.9. The number of ether oxygens (including phenoxy) is 1. The second kappa shape index (κ2) is 12.4. The number of esters is 1. The summed E-state index contributed by atoms with van der Waals surface area (Å²) in [4.78, 5) is 62.8. The van der Waals surface area contributed by atoms with Crippen molar-refractivity contribution in [3.05, 3.63) is 24.3 Å². The molecule has 1 aliphatic carbocycles. The van der Waals surface area contributed by atoms with Crippen molar-refractivity contribution in [3.8, 4) is 0 Å². The number of amides is 3. The fourth-order valence-electron chi connectivity index (χ4n) is 5.19. The summed E-state index contributed by atoms with van der Waals surface area (Å²) in [6.45, 7) is 10.6. The molecule has 2 heterocycles. The SMILES string of the molecule is CC(C)(C)OC(=O)C1CC(O)CN1C(=O)C(NC(=O)C(NC(=O)c1cnccn1)C1CCCCC1)C(C)(C)C. The van der Waals surface area contributed by atoms with Gasteiger partial charge >= 0.3 is 5.97 Å². The number of nitrogens with zero attached hydrogens (tertiary/aromatic N) is 3. The van der Waals surface area contributed by atoms with Crippen molar-refractivity contribution in [2.45, 2.75) is 110 Å². The lowest BCUT2D eigenvalue weighted by atomic mass is 9.82. The van der Waals surface area contributed by atoms with E-state index >= 15 is 0 Å². The van der Waals surface area contributed by atoms with Crippen LogP contribution in [0.25, 0.3) is 0 Å². The van der Waals surface area contributed by atoms with Crippen LogP contribution in [0.1, 0.15) is 90.6 Å². The molecule has 3 rings (SSSR count). The van der Waals surface area contributed by atoms with Crippen LogP contribution >= 0.6 is 0 Å². The highest BCUT2D eigenvalue weighted by Gasteiger charge is 2.46. The summed E-state index contributed by atoms with van der Waals surface area (Å²) >= 11 is 0. The average Bonchev–Trinajstić information content (AvgIpc) is 3.26. The van der Waals surface area contributed by atoms with Gasteiger partial charge in [-0.3, -0.25) is 19.4 Å². The van der Waals surface area contributed by atoms with Gasteiger partial charge in [0.2, 0.25) is 11.8 Å². The summed E-state index contributed by atoms with van der Waals surface area (Å²) < 4.78 is 5.51. The fourth-order valence-corrected chi connectivity index (χ4v) is 5.19. The lowest BCUT2D eigenvalue weighted by Crippen LogP contribution is -2.61. The maximum absolute atomic E-state index is 13.9. The molecule has 3 N–H and O–H groups in total. The third-order valence-electron chi connectivity index (χ3n) is 7.13. The number of carbonyl (C=O) groups excluding carboxylic acids is 4. The molecule has 1 aliphatic heterocycles. The molecule has 0 aromatic carbocycles. The predicted octanol–water partition coefficient (Wildman–Crippen LogP) is 1.99. The molecule has 11 nitrogen and oxygen atoms in total. The van der Waals surface area contributed by atoms with Gasteiger partial charge in [0.1, 0.15) is 29.4 Å². The van der Waals surface area contributed by atoms with Gasteiger partial charge in [-0.1, -0.05) is 40.0 Å². The lowest BCUT2D eigenvalue weighted by Gasteiger charge is -2.37. The van der Waals surface area contributed by atoms with Crippen molar-refractivity contribution in [2.75, 3.05) is 6.54 Å². The number of hydrogen-bond donors (Lipinski definition) is 3. The van der Waals surface area contributed by atoms with Gasteiger partial charge in [0, 0.05) is 25.4 Å². The van der Waals surface area contributed by atoms with Crippen molar-refractivity contribution in [2.24, 2.45) is 11.3 Å². The van der Waals surface area contributed by atoms with Crippen molar-refractivity contribution < 1.29 is 29.0 Å². The monoisotopic (exact) mass is 545 g/mol. The van der Waals surface area contributed by atoms with Crippen molar-refractivity contribution in [1.29, 1.82) is 0 Å². The summed E-state index contributed by atoms with van der Waals surface area (Å²) in [6.07, 6.45) is 7.87. The largest absolute Gasteiger partial charge is 0.458 e. The van der Waals surface area contributed by atoms with Gasteiger partial charge in [-0.2, -0.15) is 0 Å². The first-order chi connectivity index (χ1) is 18.2. The second-order valence-electron chi connectivity index (χ2n) is 12.7.